The van der Waals surface area contributed by atoms with Crippen molar-refractivity contribution >= 4 is 27.6 Å². The van der Waals surface area contributed by atoms with Crippen LogP contribution in [0.15, 0.2) is 47.3 Å². The normalized spacial score (nSPS) is 16.0. The molecule has 0 fully saturated rings. The van der Waals surface area contributed by atoms with E-state index in [2.05, 4.69) is 9.97 Å². The Morgan fingerprint density at radius 1 is 1.07 bits per heavy atom. The Balaban J connectivity index is 1.59. The van der Waals surface area contributed by atoms with Gasteiger partial charge in [-0.1, -0.05) is 6.07 Å². The number of nitrogens with zero attached hydrogens (tertiary/aromatic N) is 1. The van der Waals surface area contributed by atoms with Crippen molar-refractivity contribution in [1.82, 2.24) is 14.9 Å². The average Bonchev–Trinajstić information content (AvgIpc) is 3.15. The summed E-state index contributed by atoms with van der Waals surface area (Å²) in [6, 6.07) is 9.48. The van der Waals surface area contributed by atoms with Crippen LogP contribution in [0.2, 0.25) is 0 Å². The molecule has 152 valence electrons. The molecule has 4 aromatic rings. The lowest BCUT2D eigenvalue weighted by Gasteiger charge is -2.33. The Morgan fingerprint density at radius 2 is 1.83 bits per heavy atom. The van der Waals surface area contributed by atoms with Gasteiger partial charge in [0.15, 0.2) is 0 Å². The zero-order valence-electron chi connectivity index (χ0n) is 16.0. The summed E-state index contributed by atoms with van der Waals surface area (Å²) in [6.45, 7) is 0.421. The summed E-state index contributed by atoms with van der Waals surface area (Å²) in [7, 11) is 1.64. The summed E-state index contributed by atoms with van der Waals surface area (Å²) in [6.07, 6.45) is 0. The van der Waals surface area contributed by atoms with Gasteiger partial charge in [0, 0.05) is 29.2 Å². The van der Waals surface area contributed by atoms with Crippen LogP contribution in [0.25, 0.3) is 21.7 Å². The Labute approximate surface area is 169 Å². The fourth-order valence-electron chi connectivity index (χ4n) is 4.08. The van der Waals surface area contributed by atoms with Crippen LogP contribution in [0.1, 0.15) is 27.8 Å². The van der Waals surface area contributed by atoms with Crippen LogP contribution in [0.4, 0.5) is 8.78 Å². The number of carbonyl (C=O) groups is 1. The third-order valence-corrected chi connectivity index (χ3v) is 5.56. The molecule has 3 heterocycles. The number of carbonyl (C=O) groups excluding carboxylic acids is 1. The first-order valence-corrected chi connectivity index (χ1v) is 9.40. The maximum Gasteiger partial charge on any atom is 0.270 e. The van der Waals surface area contributed by atoms with Crippen molar-refractivity contribution in [1.29, 1.82) is 0 Å². The van der Waals surface area contributed by atoms with Crippen LogP contribution < -0.4 is 5.56 Å². The van der Waals surface area contributed by atoms with Crippen LogP contribution in [-0.2, 0) is 11.3 Å². The second kappa shape index (κ2) is 6.77. The summed E-state index contributed by atoms with van der Waals surface area (Å²) in [5.41, 5.74) is 1.73. The molecule has 1 aliphatic rings. The number of nitrogens with one attached hydrogen (secondary N) is 2. The van der Waals surface area contributed by atoms with Crippen molar-refractivity contribution in [3.05, 3.63) is 81.4 Å². The molecule has 5 rings (SSSR count). The molecule has 0 aliphatic carbocycles. The highest BCUT2D eigenvalue weighted by Gasteiger charge is 2.31. The van der Waals surface area contributed by atoms with Crippen molar-refractivity contribution in [2.45, 2.75) is 12.6 Å². The van der Waals surface area contributed by atoms with Crippen molar-refractivity contribution in [2.24, 2.45) is 0 Å². The van der Waals surface area contributed by atoms with Crippen molar-refractivity contribution in [2.75, 3.05) is 13.7 Å². The third-order valence-electron chi connectivity index (χ3n) is 5.56. The molecule has 1 amide bonds. The molecule has 30 heavy (non-hydrogen) atoms. The minimum atomic E-state index is -0.508. The van der Waals surface area contributed by atoms with Crippen molar-refractivity contribution in [3.8, 4) is 0 Å². The maximum atomic E-state index is 13.7. The minimum absolute atomic E-state index is 0.197. The van der Waals surface area contributed by atoms with Crippen LogP contribution in [0.5, 0.6) is 0 Å². The van der Waals surface area contributed by atoms with Gasteiger partial charge in [-0.2, -0.15) is 0 Å². The van der Waals surface area contributed by atoms with E-state index in [9.17, 15) is 18.4 Å². The zero-order chi connectivity index (χ0) is 21.0. The van der Waals surface area contributed by atoms with Gasteiger partial charge in [0.25, 0.3) is 11.5 Å². The molecular formula is C22H17F2N3O3. The number of rotatable bonds is 2. The number of hydrogen-bond donors (Lipinski definition) is 2. The van der Waals surface area contributed by atoms with Crippen molar-refractivity contribution < 1.29 is 18.3 Å². The Morgan fingerprint density at radius 3 is 2.67 bits per heavy atom. The highest BCUT2D eigenvalue weighted by molar-refractivity contribution is 5.98. The van der Waals surface area contributed by atoms with Gasteiger partial charge in [-0.15, -0.1) is 0 Å². The molecule has 0 saturated heterocycles. The Hall–Kier alpha value is -3.52. The lowest BCUT2D eigenvalue weighted by molar-refractivity contribution is 0.0333. The molecular weight excluding hydrogens is 392 g/mol. The second-order valence-electron chi connectivity index (χ2n) is 7.40. The number of aromatic amines is 2. The summed E-state index contributed by atoms with van der Waals surface area (Å²) in [5, 5.41) is 1.53. The number of ether oxygens (including phenoxy) is 1. The second-order valence-corrected chi connectivity index (χ2v) is 7.40. The van der Waals surface area contributed by atoms with E-state index in [1.165, 1.54) is 29.2 Å². The molecule has 0 bridgehead atoms. The molecule has 2 aromatic carbocycles. The lowest BCUT2D eigenvalue weighted by atomic mass is 9.95. The fraction of sp³-hybridized carbons (Fsp3) is 0.182. The smallest absolute Gasteiger partial charge is 0.270 e. The lowest BCUT2D eigenvalue weighted by Crippen LogP contribution is -2.37. The van der Waals surface area contributed by atoms with Gasteiger partial charge in [-0.05, 0) is 41.8 Å². The first-order chi connectivity index (χ1) is 14.4. The number of fused-ring (bicyclic) bond motifs is 4. The topological polar surface area (TPSA) is 78.2 Å². The SMILES string of the molecule is CN(C(=O)c1cc2ccc(F)cc2[nH]1)C1COCc2[nH]c(=O)c3cc(F)ccc3c21. The van der Waals surface area contributed by atoms with E-state index < -0.39 is 23.2 Å². The largest absolute Gasteiger partial charge is 0.373 e. The van der Waals surface area contributed by atoms with Gasteiger partial charge in [0.2, 0.25) is 0 Å². The highest BCUT2D eigenvalue weighted by atomic mass is 19.1. The monoisotopic (exact) mass is 409 g/mol. The quantitative estimate of drug-likeness (QED) is 0.531. The van der Waals surface area contributed by atoms with E-state index in [-0.39, 0.29) is 24.5 Å². The summed E-state index contributed by atoms with van der Waals surface area (Å²) in [4.78, 5) is 32.8. The molecule has 8 heteroatoms. The standard InChI is InChI=1S/C22H17F2N3O3/c1-27(22(29)17-6-11-2-3-13(24)8-16(11)25-17)19-10-30-9-18-20(19)14-5-4-12(23)7-15(14)21(28)26-18/h2-8,19,25H,9-10H2,1H3,(H,26,28). The molecule has 0 spiro atoms. The molecule has 1 atom stereocenters. The summed E-state index contributed by atoms with van der Waals surface area (Å²) in [5.74, 6) is -1.21. The minimum Gasteiger partial charge on any atom is -0.373 e. The van der Waals surface area contributed by atoms with Crippen LogP contribution in [0.3, 0.4) is 0 Å². The Bertz CT molecular complexity index is 1380. The summed E-state index contributed by atoms with van der Waals surface area (Å²) < 4.78 is 32.8. The van der Waals surface area contributed by atoms with E-state index in [4.69, 9.17) is 4.74 Å². The summed E-state index contributed by atoms with van der Waals surface area (Å²) >= 11 is 0. The predicted octanol–water partition coefficient (Wildman–Crippen LogP) is 3.63. The predicted molar refractivity (Wildman–Crippen MR) is 107 cm³/mol. The van der Waals surface area contributed by atoms with Gasteiger partial charge in [-0.25, -0.2) is 8.78 Å². The average molecular weight is 409 g/mol. The van der Waals surface area contributed by atoms with E-state index in [0.29, 0.717) is 22.3 Å². The molecule has 0 saturated carbocycles. The first-order valence-electron chi connectivity index (χ1n) is 9.40. The number of aromatic nitrogens is 2. The number of H-pyrrole nitrogens is 2. The number of pyridine rings is 1. The molecule has 1 unspecified atom stereocenters. The molecule has 0 radical (unpaired) electrons. The highest BCUT2D eigenvalue weighted by Crippen LogP contribution is 2.33. The van der Waals surface area contributed by atoms with E-state index >= 15 is 0 Å². The van der Waals surface area contributed by atoms with Crippen LogP contribution >= 0.6 is 0 Å². The number of amides is 1. The van der Waals surface area contributed by atoms with E-state index in [0.717, 1.165) is 10.9 Å². The Kier molecular flexibility index (Phi) is 4.18. The van der Waals surface area contributed by atoms with Crippen LogP contribution in [-0.4, -0.2) is 34.4 Å². The van der Waals surface area contributed by atoms with Gasteiger partial charge in [0.1, 0.15) is 17.3 Å². The zero-order valence-corrected chi connectivity index (χ0v) is 16.0. The molecule has 6 nitrogen and oxygen atoms in total. The maximum absolute atomic E-state index is 13.7. The number of likely N-dealkylation sites (N-methyl/N-ethyl adjacent to an activating group) is 1. The third kappa shape index (κ3) is 2.88. The van der Waals surface area contributed by atoms with Crippen LogP contribution in [0, 0.1) is 11.6 Å². The van der Waals surface area contributed by atoms with E-state index in [1.54, 1.807) is 25.2 Å². The van der Waals surface area contributed by atoms with Gasteiger partial charge in [0.05, 0.1) is 24.6 Å². The van der Waals surface area contributed by atoms with Crippen molar-refractivity contribution in [3.63, 3.8) is 0 Å². The molecule has 2 aromatic heterocycles. The van der Waals surface area contributed by atoms with E-state index in [1.807, 2.05) is 0 Å². The molecule has 2 N–H and O–H groups in total. The number of halogens is 2. The number of benzene rings is 2. The van der Waals surface area contributed by atoms with Gasteiger partial charge < -0.3 is 19.6 Å². The van der Waals surface area contributed by atoms with Gasteiger partial charge >= 0.3 is 0 Å². The van der Waals surface area contributed by atoms with Gasteiger partial charge in [-0.3, -0.25) is 9.59 Å². The molecule has 1 aliphatic heterocycles. The fourth-order valence-corrected chi connectivity index (χ4v) is 4.08. The number of hydrogen-bond acceptors (Lipinski definition) is 3. The first kappa shape index (κ1) is 18.5.